The monoisotopic (exact) mass is 293 g/mol. The number of aromatic nitrogens is 1. The molecule has 98 valence electrons. The second kappa shape index (κ2) is 5.65. The predicted octanol–water partition coefficient (Wildman–Crippen LogP) is 3.30. The average molecular weight is 294 g/mol. The van der Waals surface area contributed by atoms with E-state index in [1.165, 1.54) is 29.9 Å². The second-order valence-corrected chi connectivity index (χ2v) is 5.49. The largest absolute Gasteiger partial charge is 0.380 e. The summed E-state index contributed by atoms with van der Waals surface area (Å²) in [7, 11) is 0. The predicted molar refractivity (Wildman–Crippen MR) is 78.3 cm³/mol. The number of rotatable bonds is 0. The molecule has 1 unspecified atom stereocenters. The van der Waals surface area contributed by atoms with Crippen molar-refractivity contribution in [1.82, 2.24) is 4.98 Å². The van der Waals surface area contributed by atoms with Crippen molar-refractivity contribution in [1.29, 1.82) is 0 Å². The lowest BCUT2D eigenvalue weighted by Gasteiger charge is -2.19. The number of ketones is 1. The lowest BCUT2D eigenvalue weighted by atomic mass is 10.00. The highest BCUT2D eigenvalue weighted by molar-refractivity contribution is 7.16. The van der Waals surface area contributed by atoms with E-state index in [0.29, 0.717) is 0 Å². The Kier molecular flexibility index (Phi) is 4.14. The number of para-hydroxylation sites is 1. The van der Waals surface area contributed by atoms with Gasteiger partial charge < -0.3 is 5.11 Å². The molecule has 0 radical (unpaired) electrons. The Hall–Kier alpha value is -1.49. The molecule has 0 saturated heterocycles. The van der Waals surface area contributed by atoms with E-state index in [0.717, 1.165) is 5.52 Å². The van der Waals surface area contributed by atoms with Crippen molar-refractivity contribution < 1.29 is 9.90 Å². The Morgan fingerprint density at radius 3 is 2.74 bits per heavy atom. The normalized spacial score (nSPS) is 21.8. The molecule has 1 aromatic heterocycles. The van der Waals surface area contributed by atoms with Gasteiger partial charge in [0.25, 0.3) is 0 Å². The molecule has 3 nitrogen and oxygen atoms in total. The highest BCUT2D eigenvalue weighted by Crippen LogP contribution is 2.24. The molecule has 0 saturated carbocycles. The van der Waals surface area contributed by atoms with Crippen molar-refractivity contribution in [2.24, 2.45) is 0 Å². The summed E-state index contributed by atoms with van der Waals surface area (Å²) in [6.07, 6.45) is 3.88. The first-order valence-corrected chi connectivity index (χ1v) is 6.86. The molecular formula is C14H12ClNO2S. The van der Waals surface area contributed by atoms with Crippen LogP contribution in [-0.2, 0) is 4.79 Å². The molecule has 1 aliphatic rings. The summed E-state index contributed by atoms with van der Waals surface area (Å²) in [5.41, 5.74) is 1.81. The topological polar surface area (TPSA) is 50.2 Å². The van der Waals surface area contributed by atoms with Gasteiger partial charge in [0.05, 0.1) is 20.8 Å². The highest BCUT2D eigenvalue weighted by Gasteiger charge is 2.24. The van der Waals surface area contributed by atoms with Gasteiger partial charge in [0.2, 0.25) is 0 Å². The quantitative estimate of drug-likeness (QED) is 0.811. The van der Waals surface area contributed by atoms with Gasteiger partial charge in [-0.25, -0.2) is 4.98 Å². The Morgan fingerprint density at radius 1 is 1.37 bits per heavy atom. The first-order chi connectivity index (χ1) is 8.99. The van der Waals surface area contributed by atoms with E-state index < -0.39 is 5.60 Å². The summed E-state index contributed by atoms with van der Waals surface area (Å²) in [5, 5.41) is 9.49. The Balaban J connectivity index is 0.000000141. The molecule has 1 heterocycles. The number of nitrogens with zero attached hydrogens (tertiary/aromatic N) is 1. The zero-order valence-corrected chi connectivity index (χ0v) is 11.8. The zero-order valence-electron chi connectivity index (χ0n) is 10.2. The average Bonchev–Trinajstić information content (AvgIpc) is 2.84. The van der Waals surface area contributed by atoms with Crippen molar-refractivity contribution >= 4 is 38.9 Å². The van der Waals surface area contributed by atoms with Crippen molar-refractivity contribution in [3.05, 3.63) is 53.0 Å². The van der Waals surface area contributed by atoms with Gasteiger partial charge in [0.15, 0.2) is 5.78 Å². The van der Waals surface area contributed by atoms with Crippen LogP contribution in [0, 0.1) is 0 Å². The molecule has 1 aliphatic carbocycles. The van der Waals surface area contributed by atoms with Crippen LogP contribution in [0.25, 0.3) is 10.2 Å². The van der Waals surface area contributed by atoms with Gasteiger partial charge in [-0.2, -0.15) is 0 Å². The molecule has 0 bridgehead atoms. The van der Waals surface area contributed by atoms with Crippen molar-refractivity contribution in [2.75, 3.05) is 0 Å². The van der Waals surface area contributed by atoms with Crippen LogP contribution in [-0.4, -0.2) is 21.5 Å². The number of carbonyl (C=O) groups excluding carboxylic acids is 1. The molecule has 3 rings (SSSR count). The van der Waals surface area contributed by atoms with Gasteiger partial charge in [-0.3, -0.25) is 4.79 Å². The van der Waals surface area contributed by atoms with Crippen molar-refractivity contribution in [3.63, 3.8) is 0 Å². The molecule has 1 N–H and O–H groups in total. The number of hydrogen-bond acceptors (Lipinski definition) is 4. The number of hydrogen-bond donors (Lipinski definition) is 1. The third-order valence-electron chi connectivity index (χ3n) is 2.56. The number of allylic oxidation sites excluding steroid dienone is 2. The van der Waals surface area contributed by atoms with Gasteiger partial charge in [0.1, 0.15) is 5.60 Å². The standard InChI is InChI=1S/C7H7ClO2.C7H5NS/c1-7(10)3-2-5(9)4-6(7)8;1-2-4-7-6(3-1)8-5-9-7/h2-4,10H,1H3;1-5H. The van der Waals surface area contributed by atoms with Gasteiger partial charge >= 0.3 is 0 Å². The third kappa shape index (κ3) is 3.50. The minimum Gasteiger partial charge on any atom is -0.380 e. The van der Waals surface area contributed by atoms with Crippen LogP contribution in [0.2, 0.25) is 0 Å². The van der Waals surface area contributed by atoms with E-state index in [4.69, 9.17) is 11.6 Å². The Morgan fingerprint density at radius 2 is 2.11 bits per heavy atom. The minimum atomic E-state index is -1.16. The first kappa shape index (κ1) is 13.9. The van der Waals surface area contributed by atoms with Gasteiger partial charge in [-0.15, -0.1) is 11.3 Å². The van der Waals surface area contributed by atoms with Gasteiger partial charge in [-0.05, 0) is 31.2 Å². The summed E-state index contributed by atoms with van der Waals surface area (Å²) >= 11 is 7.22. The maximum atomic E-state index is 10.6. The SMILES string of the molecule is CC1(O)C=CC(=O)C=C1Cl.c1ccc2scnc2c1. The van der Waals surface area contributed by atoms with Crippen LogP contribution < -0.4 is 0 Å². The number of benzene rings is 1. The minimum absolute atomic E-state index is 0.167. The molecule has 5 heteroatoms. The molecule has 0 fully saturated rings. The fourth-order valence-electron chi connectivity index (χ4n) is 1.45. The van der Waals surface area contributed by atoms with Crippen LogP contribution in [0.15, 0.2) is 53.0 Å². The number of aliphatic hydroxyl groups is 1. The molecule has 2 aromatic rings. The lowest BCUT2D eigenvalue weighted by molar-refractivity contribution is -0.110. The van der Waals surface area contributed by atoms with E-state index in [1.807, 2.05) is 23.7 Å². The summed E-state index contributed by atoms with van der Waals surface area (Å²) < 4.78 is 1.26. The molecule has 0 spiro atoms. The van der Waals surface area contributed by atoms with Crippen LogP contribution in [0.1, 0.15) is 6.92 Å². The molecule has 1 atom stereocenters. The van der Waals surface area contributed by atoms with Crippen molar-refractivity contribution in [3.8, 4) is 0 Å². The number of carbonyl (C=O) groups is 1. The van der Waals surface area contributed by atoms with Crippen LogP contribution in [0.5, 0.6) is 0 Å². The van der Waals surface area contributed by atoms with Crippen LogP contribution >= 0.6 is 22.9 Å². The van der Waals surface area contributed by atoms with Crippen LogP contribution in [0.4, 0.5) is 0 Å². The number of fused-ring (bicyclic) bond motifs is 1. The maximum absolute atomic E-state index is 10.6. The van der Waals surface area contributed by atoms with E-state index in [9.17, 15) is 9.90 Å². The second-order valence-electron chi connectivity index (χ2n) is 4.20. The van der Waals surface area contributed by atoms with Crippen LogP contribution in [0.3, 0.4) is 0 Å². The maximum Gasteiger partial charge on any atom is 0.179 e. The summed E-state index contributed by atoms with van der Waals surface area (Å²) in [4.78, 5) is 14.7. The Bertz CT molecular complexity index is 628. The van der Waals surface area contributed by atoms with E-state index in [-0.39, 0.29) is 10.8 Å². The number of thiazole rings is 1. The first-order valence-electron chi connectivity index (χ1n) is 5.60. The molecule has 19 heavy (non-hydrogen) atoms. The fraction of sp³-hybridized carbons (Fsp3) is 0.143. The Labute approximate surface area is 119 Å². The smallest absolute Gasteiger partial charge is 0.179 e. The molecular weight excluding hydrogens is 282 g/mol. The molecule has 0 aliphatic heterocycles. The molecule has 0 amide bonds. The van der Waals surface area contributed by atoms with E-state index in [1.54, 1.807) is 11.3 Å². The summed E-state index contributed by atoms with van der Waals surface area (Å²) in [5.74, 6) is -0.184. The van der Waals surface area contributed by atoms with E-state index >= 15 is 0 Å². The van der Waals surface area contributed by atoms with Gasteiger partial charge in [-0.1, -0.05) is 23.7 Å². The van der Waals surface area contributed by atoms with Crippen molar-refractivity contribution in [2.45, 2.75) is 12.5 Å². The zero-order chi connectivity index (χ0) is 13.9. The molecule has 1 aromatic carbocycles. The highest BCUT2D eigenvalue weighted by atomic mass is 35.5. The third-order valence-corrected chi connectivity index (χ3v) is 3.86. The fourth-order valence-corrected chi connectivity index (χ4v) is 2.30. The summed E-state index contributed by atoms with van der Waals surface area (Å²) in [6.45, 7) is 1.52. The lowest BCUT2D eigenvalue weighted by Crippen LogP contribution is -2.24. The summed E-state index contributed by atoms with van der Waals surface area (Å²) in [6, 6.07) is 8.13. The number of halogens is 1. The van der Waals surface area contributed by atoms with Gasteiger partial charge in [0, 0.05) is 6.08 Å². The van der Waals surface area contributed by atoms with E-state index in [2.05, 4.69) is 11.1 Å².